The number of nitrogens with zero attached hydrogens (tertiary/aromatic N) is 2. The molecule has 1 aliphatic rings. The number of likely N-dealkylation sites (tertiary alicyclic amines) is 1. The van der Waals surface area contributed by atoms with Crippen LogP contribution in [-0.4, -0.2) is 71.4 Å². The quantitative estimate of drug-likeness (QED) is 0.251. The Balaban J connectivity index is 2.12. The second-order valence-electron chi connectivity index (χ2n) is 13.3. The van der Waals surface area contributed by atoms with E-state index in [4.69, 9.17) is 4.74 Å². The lowest BCUT2D eigenvalue weighted by Crippen LogP contribution is -2.53. The minimum absolute atomic E-state index is 0.00693. The molecule has 0 aliphatic carbocycles. The first-order valence-electron chi connectivity index (χ1n) is 16.1. The summed E-state index contributed by atoms with van der Waals surface area (Å²) in [5.74, 6) is 0.0507. The van der Waals surface area contributed by atoms with E-state index in [1.807, 2.05) is 68.0 Å². The molecule has 9 atom stereocenters. The third-order valence-corrected chi connectivity index (χ3v) is 10.2. The highest BCUT2D eigenvalue weighted by molar-refractivity contribution is 5.82. The number of aliphatic hydroxyl groups excluding tert-OH is 1. The second-order valence-corrected chi connectivity index (χ2v) is 13.3. The van der Waals surface area contributed by atoms with E-state index in [-0.39, 0.29) is 71.6 Å². The molecule has 1 saturated heterocycles. The number of carbonyl (C=O) groups is 3. The van der Waals surface area contributed by atoms with E-state index >= 15 is 0 Å². The zero-order chi connectivity index (χ0) is 31.7. The fourth-order valence-corrected chi connectivity index (χ4v) is 6.49. The average molecular weight is 587 g/mol. The zero-order valence-corrected chi connectivity index (χ0v) is 27.9. The summed E-state index contributed by atoms with van der Waals surface area (Å²) in [6.45, 7) is 16.9. The molecule has 0 aromatic heterocycles. The van der Waals surface area contributed by atoms with Gasteiger partial charge in [0.1, 0.15) is 5.78 Å². The van der Waals surface area contributed by atoms with Gasteiger partial charge in [-0.1, -0.05) is 92.1 Å². The number of amides is 2. The first kappa shape index (κ1) is 35.9. The molecule has 1 aliphatic heterocycles. The highest BCUT2D eigenvalue weighted by atomic mass is 16.5. The topological polar surface area (TPSA) is 87.2 Å². The molecule has 1 aromatic carbocycles. The van der Waals surface area contributed by atoms with Crippen LogP contribution in [0.5, 0.6) is 0 Å². The van der Waals surface area contributed by atoms with Crippen LogP contribution in [0, 0.1) is 35.5 Å². The minimum Gasteiger partial charge on any atom is -0.388 e. The summed E-state index contributed by atoms with van der Waals surface area (Å²) in [4.78, 5) is 44.3. The Bertz CT molecular complexity index is 998. The number of carbonyl (C=O) groups excluding carboxylic acids is 3. The molecule has 7 nitrogen and oxygen atoms in total. The maximum absolute atomic E-state index is 13.8. The summed E-state index contributed by atoms with van der Waals surface area (Å²) < 4.78 is 5.94. The van der Waals surface area contributed by atoms with Crippen molar-refractivity contribution in [2.75, 3.05) is 20.7 Å². The van der Waals surface area contributed by atoms with Crippen molar-refractivity contribution in [3.8, 4) is 0 Å². The molecular weight excluding hydrogens is 528 g/mol. The van der Waals surface area contributed by atoms with Crippen molar-refractivity contribution < 1.29 is 24.2 Å². The first-order valence-corrected chi connectivity index (χ1v) is 16.1. The van der Waals surface area contributed by atoms with Crippen LogP contribution < -0.4 is 0 Å². The molecule has 0 bridgehead atoms. The molecule has 0 saturated carbocycles. The number of rotatable bonds is 16. The molecule has 0 unspecified atom stereocenters. The van der Waals surface area contributed by atoms with Gasteiger partial charge in [0.15, 0.2) is 0 Å². The first-order chi connectivity index (χ1) is 19.8. The fourth-order valence-electron chi connectivity index (χ4n) is 6.49. The van der Waals surface area contributed by atoms with E-state index in [1.54, 1.807) is 7.11 Å². The number of hydrogen-bond donors (Lipinski definition) is 1. The van der Waals surface area contributed by atoms with Crippen molar-refractivity contribution in [2.24, 2.45) is 35.5 Å². The standard InChI is InChI=1S/C35H58N2O5/c1-11-23(4)33(36(9)35(41)25(6)22(2)3)31(42-10)21-32(39)37-19-15-18-29(37)26(7)27(8)30(38)20-24(5)34(40)28-16-13-12-14-17-28/h12-14,16-17,22-27,29,31,33-34,40H,11,15,18-21H2,1-10H3/t23-,24-,25-,26+,27+,29-,31+,33-,34+/m0/s1. The van der Waals surface area contributed by atoms with Gasteiger partial charge in [-0.3, -0.25) is 14.4 Å². The van der Waals surface area contributed by atoms with Gasteiger partial charge in [-0.2, -0.15) is 0 Å². The molecule has 2 amide bonds. The molecule has 42 heavy (non-hydrogen) atoms. The maximum atomic E-state index is 13.8. The third-order valence-electron chi connectivity index (χ3n) is 10.2. The van der Waals surface area contributed by atoms with Gasteiger partial charge < -0.3 is 19.6 Å². The Hall–Kier alpha value is -2.25. The van der Waals surface area contributed by atoms with Crippen LogP contribution in [0.4, 0.5) is 0 Å². The van der Waals surface area contributed by atoms with E-state index in [2.05, 4.69) is 34.6 Å². The van der Waals surface area contributed by atoms with Gasteiger partial charge >= 0.3 is 0 Å². The van der Waals surface area contributed by atoms with Gasteiger partial charge in [0.2, 0.25) is 11.8 Å². The number of likely N-dealkylation sites (N-methyl/N-ethyl adjacent to an activating group) is 1. The molecule has 2 rings (SSSR count). The summed E-state index contributed by atoms with van der Waals surface area (Å²) in [6.07, 6.45) is 2.01. The monoisotopic (exact) mass is 586 g/mol. The van der Waals surface area contributed by atoms with Gasteiger partial charge in [-0.25, -0.2) is 0 Å². The normalized spacial score (nSPS) is 21.2. The van der Waals surface area contributed by atoms with Crippen molar-refractivity contribution in [3.63, 3.8) is 0 Å². The van der Waals surface area contributed by atoms with Gasteiger partial charge in [-0.05, 0) is 42.1 Å². The van der Waals surface area contributed by atoms with E-state index in [0.717, 1.165) is 24.8 Å². The number of Topliss-reactive ketones (excluding diaryl/α,β-unsaturated/α-hetero) is 1. The molecule has 0 spiro atoms. The maximum Gasteiger partial charge on any atom is 0.225 e. The zero-order valence-electron chi connectivity index (χ0n) is 27.9. The SMILES string of the molecule is CC[C@H](C)[C@@H]([C@@H](CC(=O)N1CCC[C@H]1[C@H](C)[C@@H](C)C(=O)C[C@H](C)[C@@H](O)c1ccccc1)OC)N(C)C(=O)[C@@H](C)C(C)C. The lowest BCUT2D eigenvalue weighted by atomic mass is 9.81. The van der Waals surface area contributed by atoms with Gasteiger partial charge in [0.05, 0.1) is 24.7 Å². The van der Waals surface area contributed by atoms with Crippen LogP contribution >= 0.6 is 0 Å². The molecular formula is C35H58N2O5. The van der Waals surface area contributed by atoms with E-state index in [0.29, 0.717) is 13.0 Å². The van der Waals surface area contributed by atoms with E-state index in [9.17, 15) is 19.5 Å². The summed E-state index contributed by atoms with van der Waals surface area (Å²) in [5, 5.41) is 10.8. The predicted octanol–water partition coefficient (Wildman–Crippen LogP) is 6.15. The smallest absolute Gasteiger partial charge is 0.225 e. The summed E-state index contributed by atoms with van der Waals surface area (Å²) in [6, 6.07) is 9.24. The lowest BCUT2D eigenvalue weighted by Gasteiger charge is -2.40. The lowest BCUT2D eigenvalue weighted by molar-refractivity contribution is -0.146. The fraction of sp³-hybridized carbons (Fsp3) is 0.743. The molecule has 0 radical (unpaired) electrons. The van der Waals surface area contributed by atoms with Crippen molar-refractivity contribution >= 4 is 17.6 Å². The van der Waals surface area contributed by atoms with Gasteiger partial charge in [0, 0.05) is 45.0 Å². The van der Waals surface area contributed by atoms with Crippen LogP contribution in [0.1, 0.15) is 99.2 Å². The molecule has 1 aromatic rings. The highest BCUT2D eigenvalue weighted by Crippen LogP contribution is 2.33. The van der Waals surface area contributed by atoms with Crippen LogP contribution in [0.2, 0.25) is 0 Å². The number of aliphatic hydroxyl groups is 1. The van der Waals surface area contributed by atoms with Crippen LogP contribution in [0.15, 0.2) is 30.3 Å². The van der Waals surface area contributed by atoms with Gasteiger partial charge in [-0.15, -0.1) is 0 Å². The van der Waals surface area contributed by atoms with E-state index in [1.165, 1.54) is 0 Å². The average Bonchev–Trinajstić information content (AvgIpc) is 3.48. The molecule has 1 fully saturated rings. The highest BCUT2D eigenvalue weighted by Gasteiger charge is 2.40. The van der Waals surface area contributed by atoms with Crippen LogP contribution in [0.25, 0.3) is 0 Å². The Morgan fingerprint density at radius 3 is 2.14 bits per heavy atom. The number of benzene rings is 1. The van der Waals surface area contributed by atoms with Crippen molar-refractivity contribution in [1.29, 1.82) is 0 Å². The Kier molecular flexibility index (Phi) is 14.2. The summed E-state index contributed by atoms with van der Waals surface area (Å²) in [7, 11) is 3.48. The number of methoxy groups -OCH3 is 1. The Labute approximate surface area is 255 Å². The molecule has 1 heterocycles. The van der Waals surface area contributed by atoms with E-state index < -0.39 is 12.2 Å². The van der Waals surface area contributed by atoms with Crippen molar-refractivity contribution in [1.82, 2.24) is 9.80 Å². The van der Waals surface area contributed by atoms with Crippen molar-refractivity contribution in [2.45, 2.75) is 112 Å². The Morgan fingerprint density at radius 1 is 0.976 bits per heavy atom. The van der Waals surface area contributed by atoms with Crippen molar-refractivity contribution in [3.05, 3.63) is 35.9 Å². The Morgan fingerprint density at radius 2 is 1.60 bits per heavy atom. The predicted molar refractivity (Wildman–Crippen MR) is 169 cm³/mol. The third kappa shape index (κ3) is 8.89. The summed E-state index contributed by atoms with van der Waals surface area (Å²) in [5.41, 5.74) is 0.820. The number of hydrogen-bond acceptors (Lipinski definition) is 5. The summed E-state index contributed by atoms with van der Waals surface area (Å²) >= 11 is 0. The largest absolute Gasteiger partial charge is 0.388 e. The van der Waals surface area contributed by atoms with Crippen LogP contribution in [0.3, 0.4) is 0 Å². The van der Waals surface area contributed by atoms with Crippen LogP contribution in [-0.2, 0) is 19.1 Å². The molecule has 7 heteroatoms. The second kappa shape index (κ2) is 16.6. The van der Waals surface area contributed by atoms with Gasteiger partial charge in [0.25, 0.3) is 0 Å². The number of ketones is 1. The molecule has 238 valence electrons. The molecule has 1 N–H and O–H groups in total. The minimum atomic E-state index is -0.694. The number of ether oxygens (including phenoxy) is 1.